The van der Waals surface area contributed by atoms with Crippen molar-refractivity contribution in [2.24, 2.45) is 0 Å². The largest absolute Gasteiger partial charge is 0.379 e. The van der Waals surface area contributed by atoms with Gasteiger partial charge in [0, 0.05) is 38.6 Å². The second-order valence-corrected chi connectivity index (χ2v) is 10.3. The van der Waals surface area contributed by atoms with Crippen molar-refractivity contribution in [3.8, 4) is 0 Å². The Hall–Kier alpha value is -1.96. The lowest BCUT2D eigenvalue weighted by atomic mass is 10.0. The molecule has 1 fully saturated rings. The zero-order valence-corrected chi connectivity index (χ0v) is 19.7. The second kappa shape index (κ2) is 10.8. The molecule has 0 saturated carbocycles. The molecule has 0 amide bonds. The van der Waals surface area contributed by atoms with Gasteiger partial charge in [0.1, 0.15) is 0 Å². The maximum Gasteiger partial charge on any atom is 0.243 e. The number of nitrogens with zero attached hydrogens (tertiary/aromatic N) is 2. The van der Waals surface area contributed by atoms with Gasteiger partial charge in [0.15, 0.2) is 0 Å². The summed E-state index contributed by atoms with van der Waals surface area (Å²) in [5.41, 5.74) is 2.04. The molecule has 0 unspecified atom stereocenters. The molecule has 170 valence electrons. The number of morpholine rings is 1. The van der Waals surface area contributed by atoms with Crippen molar-refractivity contribution in [1.29, 1.82) is 0 Å². The lowest BCUT2D eigenvalue weighted by Crippen LogP contribution is -2.42. The summed E-state index contributed by atoms with van der Waals surface area (Å²) in [5.74, 6) is 0.513. The third-order valence-electron chi connectivity index (χ3n) is 5.94. The van der Waals surface area contributed by atoms with Crippen molar-refractivity contribution in [1.82, 2.24) is 9.21 Å². The van der Waals surface area contributed by atoms with Gasteiger partial charge in [-0.2, -0.15) is 4.31 Å². The number of halogens is 1. The molecule has 0 atom stereocenters. The highest BCUT2D eigenvalue weighted by molar-refractivity contribution is 7.89. The molecular weight excluding hydrogens is 444 g/mol. The first-order valence-electron chi connectivity index (χ1n) is 11.0. The predicted molar refractivity (Wildman–Crippen MR) is 130 cm³/mol. The molecule has 0 N–H and O–H groups in total. The van der Waals surface area contributed by atoms with E-state index in [0.29, 0.717) is 43.6 Å². The topological polar surface area (TPSA) is 49.9 Å². The molecule has 5 nitrogen and oxygen atoms in total. The fourth-order valence-corrected chi connectivity index (χ4v) is 5.70. The van der Waals surface area contributed by atoms with Gasteiger partial charge in [0.2, 0.25) is 10.0 Å². The highest BCUT2D eigenvalue weighted by Crippen LogP contribution is 2.24. The molecule has 0 aliphatic carbocycles. The van der Waals surface area contributed by atoms with Gasteiger partial charge >= 0.3 is 0 Å². The Morgan fingerprint density at radius 2 is 1.66 bits per heavy atom. The van der Waals surface area contributed by atoms with Crippen LogP contribution in [0.25, 0.3) is 10.8 Å². The van der Waals surface area contributed by atoms with E-state index in [2.05, 4.69) is 23.1 Å². The number of benzene rings is 3. The fourth-order valence-electron chi connectivity index (χ4n) is 4.07. The minimum atomic E-state index is -3.66. The third-order valence-corrected chi connectivity index (χ3v) is 7.99. The summed E-state index contributed by atoms with van der Waals surface area (Å²) in [6.07, 6.45) is 0.721. The quantitative estimate of drug-likeness (QED) is 0.439. The molecule has 4 rings (SSSR count). The fraction of sp³-hybridized carbons (Fsp3) is 0.360. The maximum atomic E-state index is 13.7. The van der Waals surface area contributed by atoms with E-state index in [-0.39, 0.29) is 0 Å². The molecule has 1 aliphatic heterocycles. The van der Waals surface area contributed by atoms with E-state index in [1.54, 1.807) is 16.4 Å². The van der Waals surface area contributed by atoms with Crippen LogP contribution in [0.5, 0.6) is 0 Å². The Morgan fingerprint density at radius 1 is 0.938 bits per heavy atom. The van der Waals surface area contributed by atoms with Crippen LogP contribution < -0.4 is 0 Å². The van der Waals surface area contributed by atoms with Crippen LogP contribution in [0.3, 0.4) is 0 Å². The molecule has 32 heavy (non-hydrogen) atoms. The van der Waals surface area contributed by atoms with Crippen LogP contribution in [0.15, 0.2) is 71.6 Å². The number of sulfonamides is 1. The van der Waals surface area contributed by atoms with E-state index >= 15 is 0 Å². The average molecular weight is 473 g/mol. The summed E-state index contributed by atoms with van der Waals surface area (Å²) >= 11 is 5.83. The molecular formula is C25H29ClN2O3S. The predicted octanol–water partition coefficient (Wildman–Crippen LogP) is 4.14. The molecule has 1 aliphatic rings. The van der Waals surface area contributed by atoms with Gasteiger partial charge in [-0.3, -0.25) is 4.90 Å². The van der Waals surface area contributed by atoms with Crippen molar-refractivity contribution in [2.45, 2.75) is 17.9 Å². The third kappa shape index (κ3) is 5.50. The van der Waals surface area contributed by atoms with E-state index in [0.717, 1.165) is 41.4 Å². The first-order chi connectivity index (χ1) is 15.6. The van der Waals surface area contributed by atoms with Crippen LogP contribution in [0, 0.1) is 0 Å². The standard InChI is InChI=1S/C25H29ClN2O3S/c26-13-12-21-8-10-24(11-9-21)32(29,30)28(15-14-27-16-18-31-19-17-27)20-23-6-3-5-22-4-1-2-7-25(22)23/h1-11H,12-20H2. The second-order valence-electron chi connectivity index (χ2n) is 8.01. The molecule has 0 bridgehead atoms. The first kappa shape index (κ1) is 23.2. The molecule has 3 aromatic rings. The summed E-state index contributed by atoms with van der Waals surface area (Å²) in [6, 6.07) is 21.3. The summed E-state index contributed by atoms with van der Waals surface area (Å²) in [5, 5.41) is 2.19. The van der Waals surface area contributed by atoms with Crippen LogP contribution in [0.2, 0.25) is 0 Å². The Labute approximate surface area is 195 Å². The van der Waals surface area contributed by atoms with Gasteiger partial charge < -0.3 is 4.74 Å². The number of fused-ring (bicyclic) bond motifs is 1. The monoisotopic (exact) mass is 472 g/mol. The molecule has 7 heteroatoms. The molecule has 0 aromatic heterocycles. The highest BCUT2D eigenvalue weighted by atomic mass is 35.5. The molecule has 0 spiro atoms. The van der Waals surface area contributed by atoms with Gasteiger partial charge in [-0.05, 0) is 40.5 Å². The Morgan fingerprint density at radius 3 is 2.41 bits per heavy atom. The SMILES string of the molecule is O=S(=O)(c1ccc(CCCl)cc1)N(CCN1CCOCC1)Cc1cccc2ccccc12. The highest BCUT2D eigenvalue weighted by Gasteiger charge is 2.26. The van der Waals surface area contributed by atoms with Crippen molar-refractivity contribution in [2.75, 3.05) is 45.3 Å². The van der Waals surface area contributed by atoms with E-state index < -0.39 is 10.0 Å². The normalized spacial score (nSPS) is 15.4. The summed E-state index contributed by atoms with van der Waals surface area (Å²) in [6.45, 7) is 4.48. The van der Waals surface area contributed by atoms with Gasteiger partial charge in [-0.25, -0.2) is 8.42 Å². The Kier molecular flexibility index (Phi) is 7.81. The number of aryl methyl sites for hydroxylation is 1. The van der Waals surface area contributed by atoms with E-state index in [1.807, 2.05) is 36.4 Å². The molecule has 1 saturated heterocycles. The summed E-state index contributed by atoms with van der Waals surface area (Å²) in [7, 11) is -3.66. The van der Waals surface area contributed by atoms with Crippen molar-refractivity contribution >= 4 is 32.4 Å². The number of rotatable bonds is 9. The zero-order chi connectivity index (χ0) is 22.4. The minimum absolute atomic E-state index is 0.318. The van der Waals surface area contributed by atoms with Crippen molar-refractivity contribution in [3.05, 3.63) is 77.9 Å². The minimum Gasteiger partial charge on any atom is -0.379 e. The number of ether oxygens (including phenoxy) is 1. The lowest BCUT2D eigenvalue weighted by Gasteiger charge is -2.30. The smallest absolute Gasteiger partial charge is 0.243 e. The number of alkyl halides is 1. The van der Waals surface area contributed by atoms with Crippen LogP contribution in [-0.4, -0.2) is 62.9 Å². The number of hydrogen-bond donors (Lipinski definition) is 0. The summed E-state index contributed by atoms with van der Waals surface area (Å²) in [4.78, 5) is 2.58. The van der Waals surface area contributed by atoms with Gasteiger partial charge in [-0.1, -0.05) is 54.6 Å². The van der Waals surface area contributed by atoms with E-state index in [1.165, 1.54) is 0 Å². The number of hydrogen-bond acceptors (Lipinski definition) is 4. The van der Waals surface area contributed by atoms with E-state index in [4.69, 9.17) is 16.3 Å². The molecule has 0 radical (unpaired) electrons. The summed E-state index contributed by atoms with van der Waals surface area (Å²) < 4.78 is 34.4. The van der Waals surface area contributed by atoms with Crippen LogP contribution >= 0.6 is 11.6 Å². The molecule has 3 aromatic carbocycles. The Bertz CT molecular complexity index is 1120. The van der Waals surface area contributed by atoms with Crippen LogP contribution in [0.4, 0.5) is 0 Å². The average Bonchev–Trinajstić information content (AvgIpc) is 2.83. The Balaban J connectivity index is 1.62. The zero-order valence-electron chi connectivity index (χ0n) is 18.1. The van der Waals surface area contributed by atoms with E-state index in [9.17, 15) is 8.42 Å². The first-order valence-corrected chi connectivity index (χ1v) is 13.0. The lowest BCUT2D eigenvalue weighted by molar-refractivity contribution is 0.0361. The van der Waals surface area contributed by atoms with Crippen LogP contribution in [0.1, 0.15) is 11.1 Å². The van der Waals surface area contributed by atoms with Gasteiger partial charge in [0.05, 0.1) is 18.1 Å². The van der Waals surface area contributed by atoms with Crippen LogP contribution in [-0.2, 0) is 27.7 Å². The van der Waals surface area contributed by atoms with Crippen molar-refractivity contribution < 1.29 is 13.2 Å². The maximum absolute atomic E-state index is 13.7. The van der Waals surface area contributed by atoms with Gasteiger partial charge in [-0.15, -0.1) is 11.6 Å². The van der Waals surface area contributed by atoms with Crippen molar-refractivity contribution in [3.63, 3.8) is 0 Å². The van der Waals surface area contributed by atoms with Gasteiger partial charge in [0.25, 0.3) is 0 Å². The molecule has 1 heterocycles.